The minimum atomic E-state index is 1.07. The van der Waals surface area contributed by atoms with Gasteiger partial charge in [0.15, 0.2) is 0 Å². The number of hydrogen-bond acceptors (Lipinski definition) is 1. The van der Waals surface area contributed by atoms with Gasteiger partial charge in [0.2, 0.25) is 0 Å². The highest BCUT2D eigenvalue weighted by Gasteiger charge is 2.19. The predicted octanol–water partition coefficient (Wildman–Crippen LogP) is 4.06. The van der Waals surface area contributed by atoms with Gasteiger partial charge in [-0.2, -0.15) is 12.6 Å². The molecule has 0 amide bonds. The van der Waals surface area contributed by atoms with Crippen LogP contribution in [-0.2, 0) is 0 Å². The van der Waals surface area contributed by atoms with Crippen LogP contribution < -0.4 is 0 Å². The molecule has 0 atom stereocenters. The third-order valence-corrected chi connectivity index (χ3v) is 3.03. The molecular weight excluding hydrogens is 164 g/mol. The van der Waals surface area contributed by atoms with Crippen molar-refractivity contribution in [3.8, 4) is 0 Å². The van der Waals surface area contributed by atoms with Gasteiger partial charge in [-0.3, -0.25) is 0 Å². The maximum Gasteiger partial charge on any atom is -0.00979 e. The lowest BCUT2D eigenvalue weighted by atomic mass is 10.1. The molecule has 72 valence electrons. The number of unbranched alkanes of at least 4 members (excludes halogenated alkanes) is 5. The van der Waals surface area contributed by atoms with E-state index in [1.54, 1.807) is 0 Å². The van der Waals surface area contributed by atoms with Gasteiger partial charge in [0.25, 0.3) is 0 Å². The van der Waals surface area contributed by atoms with E-state index >= 15 is 0 Å². The molecule has 1 fully saturated rings. The zero-order chi connectivity index (χ0) is 8.65. The minimum Gasteiger partial charge on any atom is -0.179 e. The Hall–Kier alpha value is 0.350. The molecule has 0 aliphatic heterocycles. The molecule has 0 spiro atoms. The average Bonchev–Trinajstić information content (AvgIpc) is 2.87. The van der Waals surface area contributed by atoms with E-state index in [9.17, 15) is 0 Å². The normalized spacial score (nSPS) is 16.8. The molecule has 1 rings (SSSR count). The Morgan fingerprint density at radius 1 is 0.833 bits per heavy atom. The molecule has 0 aromatic heterocycles. The van der Waals surface area contributed by atoms with Gasteiger partial charge in [-0.1, -0.05) is 51.4 Å². The topological polar surface area (TPSA) is 0 Å². The molecule has 1 saturated carbocycles. The van der Waals surface area contributed by atoms with Gasteiger partial charge in [-0.05, 0) is 18.1 Å². The molecule has 0 N–H and O–H groups in total. The van der Waals surface area contributed by atoms with Crippen molar-refractivity contribution in [1.29, 1.82) is 0 Å². The third-order valence-electron chi connectivity index (χ3n) is 2.72. The molecule has 0 aromatic rings. The van der Waals surface area contributed by atoms with Gasteiger partial charge in [-0.15, -0.1) is 0 Å². The Bertz CT molecular complexity index is 97.2. The second-order valence-corrected chi connectivity index (χ2v) is 4.52. The summed E-state index contributed by atoms with van der Waals surface area (Å²) in [4.78, 5) is 0. The Morgan fingerprint density at radius 3 is 2.00 bits per heavy atom. The van der Waals surface area contributed by atoms with Crippen LogP contribution in [0.25, 0.3) is 0 Å². The second kappa shape index (κ2) is 6.82. The van der Waals surface area contributed by atoms with Crippen LogP contribution in [0.3, 0.4) is 0 Å². The highest BCUT2D eigenvalue weighted by molar-refractivity contribution is 7.80. The first-order chi connectivity index (χ1) is 5.93. The van der Waals surface area contributed by atoms with Crippen molar-refractivity contribution in [2.24, 2.45) is 5.92 Å². The van der Waals surface area contributed by atoms with E-state index in [1.807, 2.05) is 0 Å². The standard InChI is InChI=1S/C11H22S/c12-10-6-4-2-1-3-5-7-11-8-9-11/h11-12H,1-10H2. The van der Waals surface area contributed by atoms with Crippen LogP contribution in [0.2, 0.25) is 0 Å². The molecular formula is C11H22S. The molecule has 0 bridgehead atoms. The second-order valence-electron chi connectivity index (χ2n) is 4.08. The van der Waals surface area contributed by atoms with Crippen LogP contribution in [-0.4, -0.2) is 5.75 Å². The molecule has 0 saturated heterocycles. The summed E-state index contributed by atoms with van der Waals surface area (Å²) in [6.07, 6.45) is 13.1. The van der Waals surface area contributed by atoms with Crippen molar-refractivity contribution in [2.75, 3.05) is 5.75 Å². The van der Waals surface area contributed by atoms with E-state index in [1.165, 1.54) is 57.8 Å². The molecule has 1 heteroatoms. The van der Waals surface area contributed by atoms with Crippen molar-refractivity contribution < 1.29 is 0 Å². The first-order valence-electron chi connectivity index (χ1n) is 5.54. The Labute approximate surface area is 82.5 Å². The van der Waals surface area contributed by atoms with E-state index < -0.39 is 0 Å². The van der Waals surface area contributed by atoms with Crippen LogP contribution in [0.1, 0.15) is 57.8 Å². The van der Waals surface area contributed by atoms with Crippen molar-refractivity contribution in [1.82, 2.24) is 0 Å². The molecule has 12 heavy (non-hydrogen) atoms. The molecule has 0 heterocycles. The lowest BCUT2D eigenvalue weighted by Gasteiger charge is -1.99. The number of thiol groups is 1. The van der Waals surface area contributed by atoms with Crippen molar-refractivity contribution in [3.63, 3.8) is 0 Å². The van der Waals surface area contributed by atoms with Crippen molar-refractivity contribution in [3.05, 3.63) is 0 Å². The SMILES string of the molecule is SCCCCCCCCC1CC1. The number of hydrogen-bond donors (Lipinski definition) is 1. The van der Waals surface area contributed by atoms with Gasteiger partial charge in [0.05, 0.1) is 0 Å². The van der Waals surface area contributed by atoms with E-state index in [0.717, 1.165) is 11.7 Å². The lowest BCUT2D eigenvalue weighted by Crippen LogP contribution is -1.82. The van der Waals surface area contributed by atoms with Crippen LogP contribution in [0.4, 0.5) is 0 Å². The summed E-state index contributed by atoms with van der Waals surface area (Å²) < 4.78 is 0. The Balaban J connectivity index is 1.65. The van der Waals surface area contributed by atoms with Crippen LogP contribution in [0.5, 0.6) is 0 Å². The van der Waals surface area contributed by atoms with Crippen LogP contribution >= 0.6 is 12.6 Å². The minimum absolute atomic E-state index is 1.07. The molecule has 0 nitrogen and oxygen atoms in total. The maximum atomic E-state index is 4.20. The maximum absolute atomic E-state index is 4.20. The van der Waals surface area contributed by atoms with Gasteiger partial charge in [0, 0.05) is 0 Å². The van der Waals surface area contributed by atoms with Crippen molar-refractivity contribution in [2.45, 2.75) is 57.8 Å². The van der Waals surface area contributed by atoms with Gasteiger partial charge < -0.3 is 0 Å². The zero-order valence-electron chi connectivity index (χ0n) is 8.10. The summed E-state index contributed by atoms with van der Waals surface area (Å²) in [6.45, 7) is 0. The van der Waals surface area contributed by atoms with Crippen LogP contribution in [0.15, 0.2) is 0 Å². The first-order valence-corrected chi connectivity index (χ1v) is 6.17. The van der Waals surface area contributed by atoms with E-state index in [-0.39, 0.29) is 0 Å². The third kappa shape index (κ3) is 5.93. The zero-order valence-corrected chi connectivity index (χ0v) is 8.99. The van der Waals surface area contributed by atoms with Crippen LogP contribution in [0, 0.1) is 5.92 Å². The highest BCUT2D eigenvalue weighted by atomic mass is 32.1. The summed E-state index contributed by atoms with van der Waals surface area (Å²) >= 11 is 4.20. The van der Waals surface area contributed by atoms with Gasteiger partial charge in [0.1, 0.15) is 0 Å². The van der Waals surface area contributed by atoms with Gasteiger partial charge in [-0.25, -0.2) is 0 Å². The summed E-state index contributed by atoms with van der Waals surface area (Å²) in [5, 5.41) is 0. The summed E-state index contributed by atoms with van der Waals surface area (Å²) in [7, 11) is 0. The average molecular weight is 186 g/mol. The fourth-order valence-corrected chi connectivity index (χ4v) is 1.88. The lowest BCUT2D eigenvalue weighted by molar-refractivity contribution is 0.569. The van der Waals surface area contributed by atoms with Gasteiger partial charge >= 0.3 is 0 Å². The smallest absolute Gasteiger partial charge is 0.00979 e. The summed E-state index contributed by atoms with van der Waals surface area (Å²) in [5.41, 5.74) is 0. The quantitative estimate of drug-likeness (QED) is 0.429. The molecule has 1 aliphatic carbocycles. The first kappa shape index (κ1) is 10.4. The monoisotopic (exact) mass is 186 g/mol. The van der Waals surface area contributed by atoms with Crippen molar-refractivity contribution >= 4 is 12.6 Å². The molecule has 0 radical (unpaired) electrons. The summed E-state index contributed by atoms with van der Waals surface area (Å²) in [5.74, 6) is 2.21. The Kier molecular flexibility index (Phi) is 5.93. The summed E-state index contributed by atoms with van der Waals surface area (Å²) in [6, 6.07) is 0. The van der Waals surface area contributed by atoms with E-state index in [0.29, 0.717) is 0 Å². The molecule has 0 aromatic carbocycles. The fraction of sp³-hybridized carbons (Fsp3) is 1.00. The number of rotatable bonds is 8. The fourth-order valence-electron chi connectivity index (χ4n) is 1.66. The predicted molar refractivity (Wildman–Crippen MR) is 58.9 cm³/mol. The van der Waals surface area contributed by atoms with E-state index in [4.69, 9.17) is 0 Å². The Morgan fingerprint density at radius 2 is 1.42 bits per heavy atom. The van der Waals surface area contributed by atoms with E-state index in [2.05, 4.69) is 12.6 Å². The molecule has 0 unspecified atom stereocenters. The highest BCUT2D eigenvalue weighted by Crippen LogP contribution is 2.34. The largest absolute Gasteiger partial charge is 0.179 e. The molecule has 1 aliphatic rings.